The maximum absolute atomic E-state index is 12.7. The minimum absolute atomic E-state index is 0.0533. The number of rotatable bonds is 1. The monoisotopic (exact) mass is 414 g/mol. The number of hydrogen-bond acceptors (Lipinski definition) is 3. The van der Waals surface area contributed by atoms with Crippen LogP contribution in [0.5, 0.6) is 0 Å². The molecular weight excluding hydrogens is 404 g/mol. The van der Waals surface area contributed by atoms with E-state index in [2.05, 4.69) is 37.2 Å². The van der Waals surface area contributed by atoms with E-state index in [1.807, 2.05) is 35.2 Å². The van der Waals surface area contributed by atoms with E-state index in [1.54, 1.807) is 0 Å². The Bertz CT molecular complexity index is 637. The number of thiophene rings is 1. The van der Waals surface area contributed by atoms with Crippen molar-refractivity contribution in [3.63, 3.8) is 0 Å². The molecule has 0 radical (unpaired) electrons. The number of anilines is 2. The number of hydrogen-bond donors (Lipinski definition) is 1. The Balaban J connectivity index is 1.99. The van der Waals surface area contributed by atoms with E-state index >= 15 is 0 Å². The highest BCUT2D eigenvalue weighted by Crippen LogP contribution is 2.35. The van der Waals surface area contributed by atoms with Crippen molar-refractivity contribution in [2.75, 3.05) is 23.3 Å². The summed E-state index contributed by atoms with van der Waals surface area (Å²) in [5.74, 6) is 0.0533. The van der Waals surface area contributed by atoms with Gasteiger partial charge >= 0.3 is 0 Å². The second kappa shape index (κ2) is 5.87. The van der Waals surface area contributed by atoms with Crippen LogP contribution >= 0.6 is 43.2 Å². The first-order valence-corrected chi connectivity index (χ1v) is 8.66. The minimum Gasteiger partial charge on any atom is -0.383 e. The Labute approximate surface area is 138 Å². The maximum Gasteiger partial charge on any atom is 0.268 e. The van der Waals surface area contributed by atoms with Crippen LogP contribution in [0.15, 0.2) is 38.6 Å². The molecule has 0 unspecified atom stereocenters. The summed E-state index contributed by atoms with van der Waals surface area (Å²) in [6.07, 6.45) is 0.939. The first kappa shape index (κ1) is 14.1. The van der Waals surface area contributed by atoms with Crippen molar-refractivity contribution in [1.29, 1.82) is 0 Å². The van der Waals surface area contributed by atoms with Gasteiger partial charge in [-0.3, -0.25) is 4.79 Å². The molecule has 20 heavy (non-hydrogen) atoms. The van der Waals surface area contributed by atoms with Crippen LogP contribution < -0.4 is 10.2 Å². The van der Waals surface area contributed by atoms with Crippen LogP contribution in [0.25, 0.3) is 0 Å². The van der Waals surface area contributed by atoms with Crippen molar-refractivity contribution < 1.29 is 4.79 Å². The predicted molar refractivity (Wildman–Crippen MR) is 90.9 cm³/mol. The Hall–Kier alpha value is -0.850. The number of para-hydroxylation sites is 2. The lowest BCUT2D eigenvalue weighted by atomic mass is 10.2. The summed E-state index contributed by atoms with van der Waals surface area (Å²) < 4.78 is 1.87. The van der Waals surface area contributed by atoms with Crippen molar-refractivity contribution in [1.82, 2.24) is 0 Å². The van der Waals surface area contributed by atoms with Gasteiger partial charge in [0.1, 0.15) is 0 Å². The number of amides is 1. The Morgan fingerprint density at radius 3 is 2.85 bits per heavy atom. The van der Waals surface area contributed by atoms with Gasteiger partial charge < -0.3 is 10.2 Å². The van der Waals surface area contributed by atoms with Crippen molar-refractivity contribution >= 4 is 60.5 Å². The standard InChI is InChI=1S/C14H12Br2N2OS/c15-9-8-12(20-13(9)16)14(19)18-7-3-6-17-10-4-1-2-5-11(10)18/h1-2,4-5,8,17H,3,6-7H2. The third kappa shape index (κ3) is 2.64. The fraction of sp³-hybridized carbons (Fsp3) is 0.214. The van der Waals surface area contributed by atoms with Gasteiger partial charge in [-0.15, -0.1) is 11.3 Å². The van der Waals surface area contributed by atoms with E-state index in [1.165, 1.54) is 11.3 Å². The third-order valence-corrected chi connectivity index (χ3v) is 6.41. The van der Waals surface area contributed by atoms with Gasteiger partial charge in [0.25, 0.3) is 5.91 Å². The maximum atomic E-state index is 12.7. The highest BCUT2D eigenvalue weighted by Gasteiger charge is 2.23. The minimum atomic E-state index is 0.0533. The molecule has 1 aromatic carbocycles. The summed E-state index contributed by atoms with van der Waals surface area (Å²) in [6.45, 7) is 1.62. The number of halogens is 2. The van der Waals surface area contributed by atoms with Crippen LogP contribution in [0, 0.1) is 0 Å². The largest absolute Gasteiger partial charge is 0.383 e. The highest BCUT2D eigenvalue weighted by molar-refractivity contribution is 9.13. The molecule has 1 amide bonds. The molecule has 1 aliphatic heterocycles. The summed E-state index contributed by atoms with van der Waals surface area (Å²) in [4.78, 5) is 15.3. The van der Waals surface area contributed by atoms with Crippen LogP contribution in [-0.4, -0.2) is 19.0 Å². The number of benzene rings is 1. The van der Waals surface area contributed by atoms with Crippen LogP contribution in [0.2, 0.25) is 0 Å². The van der Waals surface area contributed by atoms with Crippen LogP contribution in [0.4, 0.5) is 11.4 Å². The average molecular weight is 416 g/mol. The first-order chi connectivity index (χ1) is 9.66. The second-order valence-electron chi connectivity index (χ2n) is 4.49. The highest BCUT2D eigenvalue weighted by atomic mass is 79.9. The molecule has 2 heterocycles. The lowest BCUT2D eigenvalue weighted by Gasteiger charge is -2.21. The van der Waals surface area contributed by atoms with Gasteiger partial charge in [-0.1, -0.05) is 12.1 Å². The zero-order chi connectivity index (χ0) is 14.1. The second-order valence-corrected chi connectivity index (χ2v) is 7.71. The normalized spacial score (nSPS) is 14.4. The first-order valence-electron chi connectivity index (χ1n) is 6.26. The van der Waals surface area contributed by atoms with Crippen molar-refractivity contribution in [2.45, 2.75) is 6.42 Å². The van der Waals surface area contributed by atoms with E-state index in [9.17, 15) is 4.79 Å². The molecule has 0 saturated heterocycles. The number of carbonyl (C=O) groups excluding carboxylic acids is 1. The lowest BCUT2D eigenvalue weighted by molar-refractivity contribution is 0.0991. The van der Waals surface area contributed by atoms with Crippen molar-refractivity contribution in [3.8, 4) is 0 Å². The molecule has 1 aliphatic rings. The zero-order valence-corrected chi connectivity index (χ0v) is 14.5. The molecule has 1 aromatic heterocycles. The summed E-state index contributed by atoms with van der Waals surface area (Å²) >= 11 is 8.34. The van der Waals surface area contributed by atoms with Gasteiger partial charge in [0.15, 0.2) is 0 Å². The quantitative estimate of drug-likeness (QED) is 0.729. The smallest absolute Gasteiger partial charge is 0.268 e. The van der Waals surface area contributed by atoms with E-state index in [4.69, 9.17) is 0 Å². The average Bonchev–Trinajstić information content (AvgIpc) is 2.68. The fourth-order valence-corrected chi connectivity index (χ4v) is 4.22. The molecule has 3 rings (SSSR count). The number of carbonyl (C=O) groups is 1. The van der Waals surface area contributed by atoms with E-state index in [0.717, 1.165) is 44.0 Å². The molecule has 0 bridgehead atoms. The predicted octanol–water partition coefficient (Wildman–Crippen LogP) is 4.74. The molecule has 0 fully saturated rings. The Kier molecular flexibility index (Phi) is 4.14. The summed E-state index contributed by atoms with van der Waals surface area (Å²) in [6, 6.07) is 9.83. The lowest BCUT2D eigenvalue weighted by Crippen LogP contribution is -2.30. The Morgan fingerprint density at radius 2 is 2.10 bits per heavy atom. The molecule has 2 aromatic rings. The molecule has 3 nitrogen and oxygen atoms in total. The molecular formula is C14H12Br2N2OS. The van der Waals surface area contributed by atoms with Gasteiger partial charge in [0.2, 0.25) is 0 Å². The Morgan fingerprint density at radius 1 is 1.30 bits per heavy atom. The van der Waals surface area contributed by atoms with E-state index in [-0.39, 0.29) is 5.91 Å². The van der Waals surface area contributed by atoms with Crippen molar-refractivity contribution in [3.05, 3.63) is 43.5 Å². The SMILES string of the molecule is O=C(c1cc(Br)c(Br)s1)N1CCCNc2ccccc21. The molecule has 0 spiro atoms. The molecule has 6 heteroatoms. The topological polar surface area (TPSA) is 32.3 Å². The van der Waals surface area contributed by atoms with Gasteiger partial charge in [0.05, 0.1) is 20.0 Å². The van der Waals surface area contributed by atoms with E-state index in [0.29, 0.717) is 0 Å². The fourth-order valence-electron chi connectivity index (χ4n) is 2.24. The molecule has 0 saturated carbocycles. The molecule has 0 atom stereocenters. The molecule has 104 valence electrons. The summed E-state index contributed by atoms with van der Waals surface area (Å²) in [5.41, 5.74) is 1.98. The van der Waals surface area contributed by atoms with Gasteiger partial charge in [-0.25, -0.2) is 0 Å². The van der Waals surface area contributed by atoms with Gasteiger partial charge in [-0.2, -0.15) is 0 Å². The third-order valence-electron chi connectivity index (χ3n) is 3.17. The number of fused-ring (bicyclic) bond motifs is 1. The molecule has 0 aliphatic carbocycles. The number of nitrogens with zero attached hydrogens (tertiary/aromatic N) is 1. The van der Waals surface area contributed by atoms with Gasteiger partial charge in [-0.05, 0) is 56.5 Å². The number of nitrogens with one attached hydrogen (secondary N) is 1. The van der Waals surface area contributed by atoms with Crippen LogP contribution in [0.1, 0.15) is 16.1 Å². The van der Waals surface area contributed by atoms with Gasteiger partial charge in [0, 0.05) is 17.6 Å². The zero-order valence-electron chi connectivity index (χ0n) is 10.5. The van der Waals surface area contributed by atoms with Crippen molar-refractivity contribution in [2.24, 2.45) is 0 Å². The van der Waals surface area contributed by atoms with Crippen LogP contribution in [-0.2, 0) is 0 Å². The van der Waals surface area contributed by atoms with E-state index < -0.39 is 0 Å². The summed E-state index contributed by atoms with van der Waals surface area (Å²) in [7, 11) is 0. The summed E-state index contributed by atoms with van der Waals surface area (Å²) in [5, 5.41) is 3.37. The van der Waals surface area contributed by atoms with Crippen LogP contribution in [0.3, 0.4) is 0 Å². The molecule has 1 N–H and O–H groups in total.